The Bertz CT molecular complexity index is 871. The molecule has 7 heteroatoms. The van der Waals surface area contributed by atoms with Crippen LogP contribution in [0.3, 0.4) is 0 Å². The molecule has 0 saturated heterocycles. The SMILES string of the molecule is CC(C)CC(CN)NC(=O)CCc1nc2sc3c(c2c(=O)[nH]1)CCC(C)C3. The molecule has 6 nitrogen and oxygen atoms in total. The number of aromatic amines is 1. The van der Waals surface area contributed by atoms with Crippen LogP contribution >= 0.6 is 11.3 Å². The summed E-state index contributed by atoms with van der Waals surface area (Å²) in [5, 5.41) is 3.74. The van der Waals surface area contributed by atoms with Gasteiger partial charge >= 0.3 is 0 Å². The highest BCUT2D eigenvalue weighted by atomic mass is 32.1. The lowest BCUT2D eigenvalue weighted by molar-refractivity contribution is -0.121. The average molecular weight is 391 g/mol. The fraction of sp³-hybridized carbons (Fsp3) is 0.650. The molecule has 0 aromatic carbocycles. The van der Waals surface area contributed by atoms with Gasteiger partial charge in [-0.05, 0) is 43.1 Å². The Morgan fingerprint density at radius 3 is 2.93 bits per heavy atom. The smallest absolute Gasteiger partial charge is 0.259 e. The van der Waals surface area contributed by atoms with Gasteiger partial charge in [-0.2, -0.15) is 0 Å². The van der Waals surface area contributed by atoms with Crippen molar-refractivity contribution in [3.8, 4) is 0 Å². The summed E-state index contributed by atoms with van der Waals surface area (Å²) < 4.78 is 0. The van der Waals surface area contributed by atoms with Gasteiger partial charge < -0.3 is 16.0 Å². The number of carbonyl (C=O) groups is 1. The molecule has 0 bridgehead atoms. The number of aromatic nitrogens is 2. The van der Waals surface area contributed by atoms with Crippen LogP contribution in [0.1, 0.15) is 56.3 Å². The van der Waals surface area contributed by atoms with Crippen molar-refractivity contribution in [2.45, 2.75) is 65.3 Å². The van der Waals surface area contributed by atoms with Gasteiger partial charge in [0, 0.05) is 30.3 Å². The van der Waals surface area contributed by atoms with Crippen molar-refractivity contribution in [3.05, 3.63) is 26.6 Å². The molecule has 2 unspecified atom stereocenters. The van der Waals surface area contributed by atoms with Crippen molar-refractivity contribution in [1.29, 1.82) is 0 Å². The van der Waals surface area contributed by atoms with Gasteiger partial charge in [0.2, 0.25) is 5.91 Å². The van der Waals surface area contributed by atoms with Crippen LogP contribution in [-0.4, -0.2) is 28.5 Å². The zero-order chi connectivity index (χ0) is 19.6. The molecule has 148 valence electrons. The lowest BCUT2D eigenvalue weighted by atomic mass is 9.89. The van der Waals surface area contributed by atoms with Crippen molar-refractivity contribution in [2.24, 2.45) is 17.6 Å². The number of nitrogens with zero attached hydrogens (tertiary/aromatic N) is 1. The first-order valence-electron chi connectivity index (χ1n) is 9.90. The average Bonchev–Trinajstić information content (AvgIpc) is 2.96. The molecule has 0 aliphatic heterocycles. The zero-order valence-corrected chi connectivity index (χ0v) is 17.2. The van der Waals surface area contributed by atoms with Gasteiger partial charge in [-0.15, -0.1) is 11.3 Å². The first-order valence-corrected chi connectivity index (χ1v) is 10.7. The maximum Gasteiger partial charge on any atom is 0.259 e. The number of nitrogens with one attached hydrogen (secondary N) is 2. The van der Waals surface area contributed by atoms with Crippen LogP contribution in [0.15, 0.2) is 4.79 Å². The Hall–Kier alpha value is -1.73. The summed E-state index contributed by atoms with van der Waals surface area (Å²) in [6.45, 7) is 6.91. The maximum atomic E-state index is 12.6. The normalized spacial score (nSPS) is 17.9. The summed E-state index contributed by atoms with van der Waals surface area (Å²) in [6, 6.07) is -0.00185. The first-order chi connectivity index (χ1) is 12.9. The highest BCUT2D eigenvalue weighted by Crippen LogP contribution is 2.35. The van der Waals surface area contributed by atoms with E-state index in [1.807, 2.05) is 0 Å². The summed E-state index contributed by atoms with van der Waals surface area (Å²) in [5.74, 6) is 1.68. The van der Waals surface area contributed by atoms with Gasteiger partial charge in [0.1, 0.15) is 10.7 Å². The second-order valence-corrected chi connectivity index (χ2v) is 9.26. The molecule has 2 heterocycles. The molecule has 1 aliphatic rings. The molecular formula is C20H30N4O2S. The largest absolute Gasteiger partial charge is 0.352 e. The lowest BCUT2D eigenvalue weighted by Crippen LogP contribution is -2.41. The number of thiophene rings is 1. The Kier molecular flexibility index (Phi) is 6.32. The van der Waals surface area contributed by atoms with Gasteiger partial charge in [-0.3, -0.25) is 9.59 Å². The minimum atomic E-state index is -0.0675. The van der Waals surface area contributed by atoms with E-state index in [2.05, 4.69) is 36.1 Å². The molecular weight excluding hydrogens is 360 g/mol. The van der Waals surface area contributed by atoms with E-state index < -0.39 is 0 Å². The van der Waals surface area contributed by atoms with Crippen LogP contribution in [0.4, 0.5) is 0 Å². The summed E-state index contributed by atoms with van der Waals surface area (Å²) in [6.07, 6.45) is 4.70. The van der Waals surface area contributed by atoms with Crippen molar-refractivity contribution >= 4 is 27.5 Å². The Morgan fingerprint density at radius 1 is 1.44 bits per heavy atom. The van der Waals surface area contributed by atoms with Crippen molar-refractivity contribution in [2.75, 3.05) is 6.54 Å². The van der Waals surface area contributed by atoms with Crippen molar-refractivity contribution < 1.29 is 4.79 Å². The van der Waals surface area contributed by atoms with Gasteiger partial charge in [0.15, 0.2) is 0 Å². The summed E-state index contributed by atoms with van der Waals surface area (Å²) >= 11 is 1.64. The van der Waals surface area contributed by atoms with Crippen molar-refractivity contribution in [1.82, 2.24) is 15.3 Å². The topological polar surface area (TPSA) is 101 Å². The minimum Gasteiger partial charge on any atom is -0.352 e. The lowest BCUT2D eigenvalue weighted by Gasteiger charge is -2.18. The fourth-order valence-electron chi connectivity index (χ4n) is 3.83. The molecule has 27 heavy (non-hydrogen) atoms. The third-order valence-corrected chi connectivity index (χ3v) is 6.36. The van der Waals surface area contributed by atoms with Crippen LogP contribution in [-0.2, 0) is 24.1 Å². The van der Waals surface area contributed by atoms with E-state index in [-0.39, 0.29) is 17.5 Å². The number of hydrogen-bond donors (Lipinski definition) is 3. The molecule has 4 N–H and O–H groups in total. The Balaban J connectivity index is 1.69. The van der Waals surface area contributed by atoms with E-state index in [1.54, 1.807) is 11.3 Å². The second-order valence-electron chi connectivity index (χ2n) is 8.17. The van der Waals surface area contributed by atoms with Gasteiger partial charge in [-0.1, -0.05) is 20.8 Å². The zero-order valence-electron chi connectivity index (χ0n) is 16.4. The molecule has 1 amide bonds. The van der Waals surface area contributed by atoms with E-state index in [0.29, 0.717) is 37.0 Å². The van der Waals surface area contributed by atoms with Gasteiger partial charge in [0.25, 0.3) is 5.56 Å². The third kappa shape index (κ3) is 4.76. The van der Waals surface area contributed by atoms with Crippen LogP contribution in [0.2, 0.25) is 0 Å². The number of H-pyrrole nitrogens is 1. The molecule has 0 saturated carbocycles. The highest BCUT2D eigenvalue weighted by molar-refractivity contribution is 7.18. The number of nitrogens with two attached hydrogens (primary N) is 1. The monoisotopic (exact) mass is 390 g/mol. The Morgan fingerprint density at radius 2 is 2.22 bits per heavy atom. The second kappa shape index (κ2) is 8.52. The Labute approximate surface area is 164 Å². The third-order valence-electron chi connectivity index (χ3n) is 5.21. The molecule has 2 aromatic rings. The quantitative estimate of drug-likeness (QED) is 0.676. The van der Waals surface area contributed by atoms with Gasteiger partial charge in [0.05, 0.1) is 5.39 Å². The molecule has 2 atom stereocenters. The number of aryl methyl sites for hydroxylation is 2. The maximum absolute atomic E-state index is 12.6. The molecule has 2 aromatic heterocycles. The molecule has 0 spiro atoms. The minimum absolute atomic E-state index is 0.00185. The van der Waals surface area contributed by atoms with E-state index in [9.17, 15) is 9.59 Å². The molecule has 0 radical (unpaired) electrons. The van der Waals surface area contributed by atoms with E-state index >= 15 is 0 Å². The highest BCUT2D eigenvalue weighted by Gasteiger charge is 2.23. The summed E-state index contributed by atoms with van der Waals surface area (Å²) in [4.78, 5) is 34.5. The predicted octanol–water partition coefficient (Wildman–Crippen LogP) is 2.53. The first kappa shape index (κ1) is 20.0. The number of hydrogen-bond acceptors (Lipinski definition) is 5. The van der Waals surface area contributed by atoms with E-state index in [1.165, 1.54) is 10.4 Å². The fourth-order valence-corrected chi connectivity index (χ4v) is 5.23. The van der Waals surface area contributed by atoms with E-state index in [0.717, 1.165) is 35.9 Å². The number of carbonyl (C=O) groups excluding carboxylic acids is 1. The number of rotatable bonds is 7. The van der Waals surface area contributed by atoms with Crippen molar-refractivity contribution in [3.63, 3.8) is 0 Å². The van der Waals surface area contributed by atoms with E-state index in [4.69, 9.17) is 5.73 Å². The van der Waals surface area contributed by atoms with Crippen LogP contribution in [0, 0.1) is 11.8 Å². The molecule has 1 aliphatic carbocycles. The van der Waals surface area contributed by atoms with Gasteiger partial charge in [-0.25, -0.2) is 4.98 Å². The standard InChI is InChI=1S/C20H30N4O2S/c1-11(2)8-13(10-21)22-17(25)7-6-16-23-19(26)18-14-5-4-12(3)9-15(14)27-20(18)24-16/h11-13H,4-10,21H2,1-3H3,(H,22,25)(H,23,24,26). The molecule has 3 rings (SSSR count). The number of amides is 1. The number of fused-ring (bicyclic) bond motifs is 3. The summed E-state index contributed by atoms with van der Waals surface area (Å²) in [7, 11) is 0. The van der Waals surface area contributed by atoms with Crippen LogP contribution in [0.5, 0.6) is 0 Å². The summed E-state index contributed by atoms with van der Waals surface area (Å²) in [5.41, 5.74) is 6.86. The predicted molar refractivity (Wildman–Crippen MR) is 110 cm³/mol. The molecule has 0 fully saturated rings. The van der Waals surface area contributed by atoms with Crippen LogP contribution in [0.25, 0.3) is 10.2 Å². The van der Waals surface area contributed by atoms with Crippen LogP contribution < -0.4 is 16.6 Å².